The molecule has 7 heteroatoms. The molecule has 0 aliphatic heterocycles. The average molecular weight is 290 g/mol. The van der Waals surface area contributed by atoms with Crippen molar-refractivity contribution in [3.05, 3.63) is 17.5 Å². The molecule has 0 spiro atoms. The first kappa shape index (κ1) is 14.9. The molecule has 4 nitrogen and oxygen atoms in total. The summed E-state index contributed by atoms with van der Waals surface area (Å²) in [5, 5.41) is 12.7. The smallest absolute Gasteiger partial charge is 0.435 e. The zero-order valence-electron chi connectivity index (χ0n) is 11.2. The first-order valence-electron chi connectivity index (χ1n) is 6.65. The number of halogens is 3. The molecule has 1 aromatic heterocycles. The lowest BCUT2D eigenvalue weighted by atomic mass is 9.98. The molecule has 0 bridgehead atoms. The summed E-state index contributed by atoms with van der Waals surface area (Å²) in [5.74, 6) is -0.872. The summed E-state index contributed by atoms with van der Waals surface area (Å²) in [6, 6.07) is -1.02. The van der Waals surface area contributed by atoms with Gasteiger partial charge in [-0.05, 0) is 24.8 Å². The van der Waals surface area contributed by atoms with Crippen molar-refractivity contribution in [1.82, 2.24) is 9.78 Å². The van der Waals surface area contributed by atoms with E-state index in [-0.39, 0.29) is 11.5 Å². The normalized spacial score (nSPS) is 18.4. The van der Waals surface area contributed by atoms with E-state index in [1.807, 2.05) is 0 Å². The van der Waals surface area contributed by atoms with Crippen LogP contribution >= 0.6 is 0 Å². The maximum atomic E-state index is 12.7. The Bertz CT molecular complexity index is 490. The van der Waals surface area contributed by atoms with Crippen LogP contribution in [0.15, 0.2) is 6.20 Å². The monoisotopic (exact) mass is 290 g/mol. The van der Waals surface area contributed by atoms with E-state index in [2.05, 4.69) is 5.10 Å². The van der Waals surface area contributed by atoms with Crippen molar-refractivity contribution in [3.8, 4) is 0 Å². The molecule has 112 valence electrons. The molecule has 1 aliphatic rings. The van der Waals surface area contributed by atoms with E-state index < -0.39 is 23.9 Å². The summed E-state index contributed by atoms with van der Waals surface area (Å²) in [5.41, 5.74) is -1.05. The van der Waals surface area contributed by atoms with E-state index in [1.165, 1.54) is 13.1 Å². The molecule has 1 atom stereocenters. The summed E-state index contributed by atoms with van der Waals surface area (Å²) in [7, 11) is 0. The predicted molar refractivity (Wildman–Crippen MR) is 65.2 cm³/mol. The quantitative estimate of drug-likeness (QED) is 0.924. The second kappa shape index (κ2) is 5.46. The third-order valence-corrected chi connectivity index (χ3v) is 3.82. The van der Waals surface area contributed by atoms with Gasteiger partial charge >= 0.3 is 12.1 Å². The Hall–Kier alpha value is -1.53. The molecule has 1 aliphatic carbocycles. The van der Waals surface area contributed by atoms with E-state index in [0.29, 0.717) is 6.42 Å². The molecule has 0 aromatic carbocycles. The fourth-order valence-electron chi connectivity index (χ4n) is 2.81. The Balaban J connectivity index is 2.23. The maximum absolute atomic E-state index is 12.7. The fraction of sp³-hybridized carbons (Fsp3) is 0.692. The molecule has 1 aromatic rings. The molecule has 0 radical (unpaired) electrons. The van der Waals surface area contributed by atoms with Gasteiger partial charge in [0.05, 0.1) is 0 Å². The van der Waals surface area contributed by atoms with Crippen LogP contribution in [0, 0.1) is 12.8 Å². The van der Waals surface area contributed by atoms with Crippen LogP contribution in [0.3, 0.4) is 0 Å². The van der Waals surface area contributed by atoms with Gasteiger partial charge in [0.15, 0.2) is 5.69 Å². The summed E-state index contributed by atoms with van der Waals surface area (Å²) < 4.78 is 39.1. The van der Waals surface area contributed by atoms with Crippen molar-refractivity contribution in [1.29, 1.82) is 0 Å². The summed E-state index contributed by atoms with van der Waals surface area (Å²) >= 11 is 0. The Morgan fingerprint density at radius 3 is 2.55 bits per heavy atom. The Morgan fingerprint density at radius 2 is 2.10 bits per heavy atom. The van der Waals surface area contributed by atoms with Crippen LogP contribution in [0.5, 0.6) is 0 Å². The molecule has 0 amide bonds. The number of carboxylic acids is 1. The number of carboxylic acid groups (broad SMARTS) is 1. The minimum atomic E-state index is -4.55. The minimum Gasteiger partial charge on any atom is -0.480 e. The highest BCUT2D eigenvalue weighted by Crippen LogP contribution is 2.34. The first-order valence-corrected chi connectivity index (χ1v) is 6.65. The molecule has 1 heterocycles. The Morgan fingerprint density at radius 1 is 1.50 bits per heavy atom. The van der Waals surface area contributed by atoms with E-state index in [4.69, 9.17) is 0 Å². The van der Waals surface area contributed by atoms with Gasteiger partial charge in [0.25, 0.3) is 0 Å². The standard InChI is InChI=1S/C13H17F3N2O2/c1-8-7-18(17-11(8)13(14,15)16)10(12(19)20)6-9-4-2-3-5-9/h7,9-10H,2-6H2,1H3,(H,19,20). The van der Waals surface area contributed by atoms with Gasteiger partial charge in [0.1, 0.15) is 6.04 Å². The molecule has 1 fully saturated rings. The first-order chi connectivity index (χ1) is 9.29. The molecule has 2 rings (SSSR count). The number of nitrogens with zero attached hydrogens (tertiary/aromatic N) is 2. The molecular weight excluding hydrogens is 273 g/mol. The Labute approximate surface area is 114 Å². The number of rotatable bonds is 4. The molecular formula is C13H17F3N2O2. The van der Waals surface area contributed by atoms with Crippen molar-refractivity contribution < 1.29 is 23.1 Å². The second-order valence-electron chi connectivity index (χ2n) is 5.38. The number of aryl methyl sites for hydroxylation is 1. The highest BCUT2D eigenvalue weighted by Gasteiger charge is 2.37. The van der Waals surface area contributed by atoms with Crippen LogP contribution in [-0.2, 0) is 11.0 Å². The lowest BCUT2D eigenvalue weighted by Gasteiger charge is -2.17. The highest BCUT2D eigenvalue weighted by atomic mass is 19.4. The summed E-state index contributed by atoms with van der Waals surface area (Å²) in [6.07, 6.45) is 0.967. The number of aromatic nitrogens is 2. The summed E-state index contributed by atoms with van der Waals surface area (Å²) in [6.45, 7) is 1.29. The third-order valence-electron chi connectivity index (χ3n) is 3.82. The van der Waals surface area contributed by atoms with E-state index in [9.17, 15) is 23.1 Å². The number of carbonyl (C=O) groups is 1. The van der Waals surface area contributed by atoms with Crippen LogP contribution in [-0.4, -0.2) is 20.9 Å². The van der Waals surface area contributed by atoms with Crippen LogP contribution in [0.4, 0.5) is 13.2 Å². The predicted octanol–water partition coefficient (Wildman–Crippen LogP) is 3.42. The van der Waals surface area contributed by atoms with Gasteiger partial charge < -0.3 is 5.11 Å². The number of alkyl halides is 3. The van der Waals surface area contributed by atoms with Crippen molar-refractivity contribution in [3.63, 3.8) is 0 Å². The lowest BCUT2D eigenvalue weighted by Crippen LogP contribution is -2.22. The van der Waals surface area contributed by atoms with Gasteiger partial charge in [-0.15, -0.1) is 0 Å². The van der Waals surface area contributed by atoms with Gasteiger partial charge in [-0.1, -0.05) is 25.7 Å². The van der Waals surface area contributed by atoms with Crippen molar-refractivity contribution in [2.24, 2.45) is 5.92 Å². The molecule has 1 saturated carbocycles. The zero-order valence-corrected chi connectivity index (χ0v) is 11.2. The van der Waals surface area contributed by atoms with Gasteiger partial charge in [-0.25, -0.2) is 4.79 Å². The van der Waals surface area contributed by atoms with Gasteiger partial charge in [-0.2, -0.15) is 18.3 Å². The van der Waals surface area contributed by atoms with Gasteiger partial charge in [0.2, 0.25) is 0 Å². The maximum Gasteiger partial charge on any atom is 0.435 e. The molecule has 20 heavy (non-hydrogen) atoms. The van der Waals surface area contributed by atoms with E-state index >= 15 is 0 Å². The second-order valence-corrected chi connectivity index (χ2v) is 5.38. The van der Waals surface area contributed by atoms with Gasteiger partial charge in [-0.3, -0.25) is 4.68 Å². The molecule has 1 unspecified atom stereocenters. The van der Waals surface area contributed by atoms with Crippen LogP contribution < -0.4 is 0 Å². The van der Waals surface area contributed by atoms with E-state index in [1.54, 1.807) is 0 Å². The lowest BCUT2D eigenvalue weighted by molar-refractivity contribution is -0.145. The summed E-state index contributed by atoms with van der Waals surface area (Å²) in [4.78, 5) is 11.3. The SMILES string of the molecule is Cc1cn(C(CC2CCCC2)C(=O)O)nc1C(F)(F)F. The number of aliphatic carboxylic acids is 1. The number of hydrogen-bond acceptors (Lipinski definition) is 2. The zero-order chi connectivity index (χ0) is 14.9. The van der Waals surface area contributed by atoms with Gasteiger partial charge in [0, 0.05) is 6.20 Å². The third kappa shape index (κ3) is 3.13. The van der Waals surface area contributed by atoms with E-state index in [0.717, 1.165) is 30.4 Å². The van der Waals surface area contributed by atoms with Crippen molar-refractivity contribution in [2.75, 3.05) is 0 Å². The largest absolute Gasteiger partial charge is 0.480 e. The molecule has 0 saturated heterocycles. The molecule has 1 N–H and O–H groups in total. The van der Waals surface area contributed by atoms with Crippen LogP contribution in [0.25, 0.3) is 0 Å². The topological polar surface area (TPSA) is 55.1 Å². The number of hydrogen-bond donors (Lipinski definition) is 1. The van der Waals surface area contributed by atoms with Crippen molar-refractivity contribution >= 4 is 5.97 Å². The van der Waals surface area contributed by atoms with Crippen LogP contribution in [0.2, 0.25) is 0 Å². The fourth-order valence-corrected chi connectivity index (χ4v) is 2.81. The highest BCUT2D eigenvalue weighted by molar-refractivity contribution is 5.71. The Kier molecular flexibility index (Phi) is 4.06. The van der Waals surface area contributed by atoms with Crippen molar-refractivity contribution in [2.45, 2.75) is 51.2 Å². The van der Waals surface area contributed by atoms with Crippen LogP contribution in [0.1, 0.15) is 49.4 Å². The average Bonchev–Trinajstić information content (AvgIpc) is 2.93. The minimum absolute atomic E-state index is 0.0461.